The molecule has 3 aromatic rings. The van der Waals surface area contributed by atoms with Crippen molar-refractivity contribution in [2.75, 3.05) is 10.2 Å². The molecule has 31 heavy (non-hydrogen) atoms. The van der Waals surface area contributed by atoms with Crippen LogP contribution in [0.5, 0.6) is 0 Å². The Bertz CT molecular complexity index is 1070. The molecular weight excluding hydrogens is 388 g/mol. The molecule has 1 aliphatic rings. The van der Waals surface area contributed by atoms with Crippen molar-refractivity contribution in [3.8, 4) is 0 Å². The quantitative estimate of drug-likeness (QED) is 0.517. The number of furan rings is 1. The van der Waals surface area contributed by atoms with Gasteiger partial charge in [0.25, 0.3) is 5.91 Å². The summed E-state index contributed by atoms with van der Waals surface area (Å²) in [5.74, 6) is 0.850. The number of anilines is 2. The molecule has 1 unspecified atom stereocenters. The third-order valence-electron chi connectivity index (χ3n) is 6.00. The number of β-lactam (4-membered cyclic amide) rings is 1. The van der Waals surface area contributed by atoms with Crippen LogP contribution in [0.25, 0.3) is 0 Å². The normalized spacial score (nSPS) is 18.4. The molecule has 1 N–H and O–H groups in total. The number of nitrogens with zero attached hydrogens (tertiary/aromatic N) is 1. The molecular formula is C26H28N2O3. The maximum atomic E-state index is 13.6. The summed E-state index contributed by atoms with van der Waals surface area (Å²) in [4.78, 5) is 27.9. The molecule has 5 heteroatoms. The zero-order valence-electron chi connectivity index (χ0n) is 18.4. The second-order valence-corrected chi connectivity index (χ2v) is 8.72. The van der Waals surface area contributed by atoms with Crippen molar-refractivity contribution in [1.29, 1.82) is 0 Å². The van der Waals surface area contributed by atoms with Crippen molar-refractivity contribution in [2.45, 2.75) is 51.5 Å². The standard InChI is InChI=1S/C26H28N2O3/c1-17(2)19-7-11-21(12-8-19)27-25(30)26(23-6-5-15-31-23)16-24(29)28(26)22-13-9-20(10-14-22)18(3)4/h5-15,17-18H,16H2,1-4H3,(H,27,30). The Kier molecular flexibility index (Phi) is 5.44. The van der Waals surface area contributed by atoms with Crippen molar-refractivity contribution in [3.05, 3.63) is 83.8 Å². The number of hydrogen-bond donors (Lipinski definition) is 1. The summed E-state index contributed by atoms with van der Waals surface area (Å²) in [6.45, 7) is 8.49. The van der Waals surface area contributed by atoms with Gasteiger partial charge in [-0.15, -0.1) is 0 Å². The Labute approximate surface area is 183 Å². The minimum Gasteiger partial charge on any atom is -0.466 e. The van der Waals surface area contributed by atoms with Crippen LogP contribution in [0.4, 0.5) is 11.4 Å². The minimum atomic E-state index is -1.21. The molecule has 160 valence electrons. The van der Waals surface area contributed by atoms with Crippen molar-refractivity contribution in [2.24, 2.45) is 0 Å². The number of rotatable bonds is 6. The van der Waals surface area contributed by atoms with Gasteiger partial charge in [0.1, 0.15) is 5.76 Å². The predicted octanol–water partition coefficient (Wildman–Crippen LogP) is 5.80. The van der Waals surface area contributed by atoms with Crippen molar-refractivity contribution in [1.82, 2.24) is 0 Å². The van der Waals surface area contributed by atoms with Gasteiger partial charge in [-0.2, -0.15) is 0 Å². The highest BCUT2D eigenvalue weighted by Gasteiger charge is 2.60. The van der Waals surface area contributed by atoms with Gasteiger partial charge in [0, 0.05) is 11.4 Å². The van der Waals surface area contributed by atoms with Gasteiger partial charge in [-0.3, -0.25) is 14.5 Å². The summed E-state index contributed by atoms with van der Waals surface area (Å²) < 4.78 is 5.66. The third kappa shape index (κ3) is 3.65. The molecule has 0 bridgehead atoms. The van der Waals surface area contributed by atoms with Crippen LogP contribution in [-0.2, 0) is 15.1 Å². The van der Waals surface area contributed by atoms with Gasteiger partial charge in [0.15, 0.2) is 5.54 Å². The molecule has 1 aromatic heterocycles. The summed E-state index contributed by atoms with van der Waals surface area (Å²) in [5.41, 5.74) is 2.54. The van der Waals surface area contributed by atoms with E-state index < -0.39 is 5.54 Å². The molecule has 1 aliphatic heterocycles. The summed E-state index contributed by atoms with van der Waals surface area (Å²) in [5, 5.41) is 3.00. The molecule has 2 heterocycles. The highest BCUT2D eigenvalue weighted by Crippen LogP contribution is 2.46. The van der Waals surface area contributed by atoms with E-state index in [-0.39, 0.29) is 18.2 Å². The van der Waals surface area contributed by atoms with Crippen LogP contribution in [0.1, 0.15) is 62.8 Å². The fourth-order valence-electron chi connectivity index (χ4n) is 4.06. The second kappa shape index (κ2) is 8.06. The molecule has 1 fully saturated rings. The lowest BCUT2D eigenvalue weighted by Crippen LogP contribution is -2.67. The van der Waals surface area contributed by atoms with Gasteiger partial charge >= 0.3 is 0 Å². The van der Waals surface area contributed by atoms with E-state index in [1.807, 2.05) is 48.5 Å². The lowest BCUT2D eigenvalue weighted by molar-refractivity contribution is -0.138. The maximum absolute atomic E-state index is 13.6. The molecule has 0 spiro atoms. The van der Waals surface area contributed by atoms with Gasteiger partial charge < -0.3 is 9.73 Å². The van der Waals surface area contributed by atoms with E-state index in [9.17, 15) is 9.59 Å². The number of amides is 2. The van der Waals surface area contributed by atoms with Gasteiger partial charge in [0.05, 0.1) is 12.7 Å². The number of hydrogen-bond acceptors (Lipinski definition) is 3. The maximum Gasteiger partial charge on any atom is 0.259 e. The number of nitrogens with one attached hydrogen (secondary N) is 1. The molecule has 4 rings (SSSR count). The number of carbonyl (C=O) groups excluding carboxylic acids is 2. The Balaban J connectivity index is 1.68. The van der Waals surface area contributed by atoms with E-state index in [1.54, 1.807) is 17.0 Å². The van der Waals surface area contributed by atoms with Crippen LogP contribution < -0.4 is 10.2 Å². The van der Waals surface area contributed by atoms with Crippen LogP contribution in [0.15, 0.2) is 71.3 Å². The van der Waals surface area contributed by atoms with Gasteiger partial charge in [-0.05, 0) is 59.4 Å². The summed E-state index contributed by atoms with van der Waals surface area (Å²) in [6, 6.07) is 19.1. The van der Waals surface area contributed by atoms with Crippen molar-refractivity contribution >= 4 is 23.2 Å². The highest BCUT2D eigenvalue weighted by atomic mass is 16.3. The average molecular weight is 417 g/mol. The third-order valence-corrected chi connectivity index (χ3v) is 6.00. The van der Waals surface area contributed by atoms with Crippen LogP contribution >= 0.6 is 0 Å². The summed E-state index contributed by atoms with van der Waals surface area (Å²) in [6.07, 6.45) is 1.59. The Morgan fingerprint density at radius 1 is 0.935 bits per heavy atom. The fourth-order valence-corrected chi connectivity index (χ4v) is 4.06. The molecule has 2 amide bonds. The first-order valence-electron chi connectivity index (χ1n) is 10.7. The lowest BCUT2D eigenvalue weighted by Gasteiger charge is -2.49. The van der Waals surface area contributed by atoms with Crippen molar-refractivity contribution < 1.29 is 14.0 Å². The molecule has 1 atom stereocenters. The van der Waals surface area contributed by atoms with E-state index in [1.165, 1.54) is 17.4 Å². The zero-order chi connectivity index (χ0) is 22.2. The lowest BCUT2D eigenvalue weighted by atomic mass is 9.79. The SMILES string of the molecule is CC(C)c1ccc(NC(=O)C2(c3ccco3)CC(=O)N2c2ccc(C(C)C)cc2)cc1. The van der Waals surface area contributed by atoms with Crippen molar-refractivity contribution in [3.63, 3.8) is 0 Å². The van der Waals surface area contributed by atoms with Gasteiger partial charge in [0.2, 0.25) is 5.91 Å². The van der Waals surface area contributed by atoms with Crippen LogP contribution in [0.2, 0.25) is 0 Å². The van der Waals surface area contributed by atoms with E-state index in [0.29, 0.717) is 29.0 Å². The molecule has 0 saturated carbocycles. The molecule has 1 saturated heterocycles. The van der Waals surface area contributed by atoms with Gasteiger partial charge in [-0.25, -0.2) is 0 Å². The van der Waals surface area contributed by atoms with Gasteiger partial charge in [-0.1, -0.05) is 52.0 Å². The first-order valence-corrected chi connectivity index (χ1v) is 10.7. The summed E-state index contributed by atoms with van der Waals surface area (Å²) in [7, 11) is 0. The first kappa shape index (κ1) is 20.9. The topological polar surface area (TPSA) is 62.6 Å². The average Bonchev–Trinajstić information content (AvgIpc) is 3.27. The highest BCUT2D eigenvalue weighted by molar-refractivity contribution is 6.16. The molecule has 2 aromatic carbocycles. The second-order valence-electron chi connectivity index (χ2n) is 8.72. The Morgan fingerprint density at radius 2 is 1.52 bits per heavy atom. The number of benzene rings is 2. The molecule has 5 nitrogen and oxygen atoms in total. The minimum absolute atomic E-state index is 0.0579. The smallest absolute Gasteiger partial charge is 0.259 e. The monoisotopic (exact) mass is 416 g/mol. The fraction of sp³-hybridized carbons (Fsp3) is 0.308. The van der Waals surface area contributed by atoms with Crippen LogP contribution in [0, 0.1) is 0 Å². The Hall–Kier alpha value is -3.34. The predicted molar refractivity (Wildman–Crippen MR) is 122 cm³/mol. The Morgan fingerprint density at radius 3 is 2.00 bits per heavy atom. The van der Waals surface area contributed by atoms with E-state index in [2.05, 4.69) is 33.0 Å². The zero-order valence-corrected chi connectivity index (χ0v) is 18.4. The van der Waals surface area contributed by atoms with Crippen LogP contribution in [0.3, 0.4) is 0 Å². The summed E-state index contributed by atoms with van der Waals surface area (Å²) >= 11 is 0. The van der Waals surface area contributed by atoms with E-state index in [4.69, 9.17) is 4.42 Å². The van der Waals surface area contributed by atoms with E-state index in [0.717, 1.165) is 0 Å². The first-order chi connectivity index (χ1) is 14.8. The number of carbonyl (C=O) groups is 2. The van der Waals surface area contributed by atoms with Crippen LogP contribution in [-0.4, -0.2) is 11.8 Å². The molecule has 0 radical (unpaired) electrons. The van der Waals surface area contributed by atoms with E-state index >= 15 is 0 Å². The molecule has 0 aliphatic carbocycles. The largest absolute Gasteiger partial charge is 0.466 e.